The van der Waals surface area contributed by atoms with Crippen LogP contribution in [-0.4, -0.2) is 66.2 Å². The summed E-state index contributed by atoms with van der Waals surface area (Å²) in [6, 6.07) is -1.26. The van der Waals surface area contributed by atoms with Crippen molar-refractivity contribution in [1.29, 1.82) is 0 Å². The molecule has 0 radical (unpaired) electrons. The third kappa shape index (κ3) is 4.85. The maximum absolute atomic E-state index is 13.0. The number of likely N-dealkylation sites (N-methyl/N-ethyl adjacent to an activating group) is 1. The third-order valence-electron chi connectivity index (χ3n) is 3.99. The molecule has 0 aliphatic carbocycles. The third-order valence-corrected chi connectivity index (χ3v) is 3.99. The van der Waals surface area contributed by atoms with Crippen molar-refractivity contribution in [2.45, 2.75) is 65.1 Å². The van der Waals surface area contributed by atoms with Gasteiger partial charge in [-0.15, -0.1) is 0 Å². The predicted octanol–water partition coefficient (Wildman–Crippen LogP) is 2.04. The van der Waals surface area contributed by atoms with Crippen LogP contribution >= 0.6 is 0 Å². The smallest absolute Gasteiger partial charge is 0.410 e. The molecule has 2 unspecified atom stereocenters. The fourth-order valence-corrected chi connectivity index (χ4v) is 2.93. The van der Waals surface area contributed by atoms with E-state index >= 15 is 0 Å². The Morgan fingerprint density at radius 2 is 1.79 bits per heavy atom. The molecule has 1 aliphatic heterocycles. The number of nitrogens with zero attached hydrogens (tertiary/aromatic N) is 2. The van der Waals surface area contributed by atoms with Gasteiger partial charge in [0.25, 0.3) is 0 Å². The molecule has 7 nitrogen and oxygen atoms in total. The van der Waals surface area contributed by atoms with Gasteiger partial charge in [0.1, 0.15) is 17.7 Å². The highest BCUT2D eigenvalue weighted by atomic mass is 16.6. The van der Waals surface area contributed by atoms with Crippen molar-refractivity contribution in [2.75, 3.05) is 20.7 Å². The largest absolute Gasteiger partial charge is 0.467 e. The summed E-state index contributed by atoms with van der Waals surface area (Å²) in [5.41, 5.74) is -0.641. The molecule has 0 spiro atoms. The van der Waals surface area contributed by atoms with Gasteiger partial charge in [-0.3, -0.25) is 9.69 Å². The number of methoxy groups -OCH3 is 1. The number of carbonyl (C=O) groups is 3. The van der Waals surface area contributed by atoms with Crippen LogP contribution in [-0.2, 0) is 19.1 Å². The normalized spacial score (nSPS) is 19.2. The minimum absolute atomic E-state index is 0.117. The molecule has 138 valence electrons. The number of esters is 1. The first-order valence-electron chi connectivity index (χ1n) is 8.33. The molecule has 2 atom stereocenters. The molecule has 1 aliphatic rings. The van der Waals surface area contributed by atoms with E-state index in [2.05, 4.69) is 0 Å². The predicted molar refractivity (Wildman–Crippen MR) is 89.4 cm³/mol. The Hall–Kier alpha value is -1.79. The van der Waals surface area contributed by atoms with Gasteiger partial charge in [-0.2, -0.15) is 0 Å². The Labute approximate surface area is 144 Å². The van der Waals surface area contributed by atoms with Gasteiger partial charge in [0, 0.05) is 13.6 Å². The van der Waals surface area contributed by atoms with E-state index < -0.39 is 29.7 Å². The van der Waals surface area contributed by atoms with Crippen molar-refractivity contribution < 1.29 is 23.9 Å². The van der Waals surface area contributed by atoms with Gasteiger partial charge in [0.05, 0.1) is 7.11 Å². The zero-order chi connectivity index (χ0) is 18.7. The fraction of sp³-hybridized carbons (Fsp3) is 0.824. The minimum Gasteiger partial charge on any atom is -0.467 e. The van der Waals surface area contributed by atoms with Gasteiger partial charge in [0.15, 0.2) is 0 Å². The molecule has 1 rings (SSSR count). The molecular weight excluding hydrogens is 312 g/mol. The number of carbonyl (C=O) groups excluding carboxylic acids is 3. The summed E-state index contributed by atoms with van der Waals surface area (Å²) >= 11 is 0. The van der Waals surface area contributed by atoms with E-state index in [-0.39, 0.29) is 11.8 Å². The Morgan fingerprint density at radius 1 is 1.21 bits per heavy atom. The molecule has 24 heavy (non-hydrogen) atoms. The van der Waals surface area contributed by atoms with E-state index in [1.54, 1.807) is 27.8 Å². The van der Waals surface area contributed by atoms with Gasteiger partial charge in [-0.05, 0) is 39.5 Å². The second-order valence-electron chi connectivity index (χ2n) is 7.49. The van der Waals surface area contributed by atoms with Gasteiger partial charge in [-0.25, -0.2) is 9.59 Å². The van der Waals surface area contributed by atoms with Crippen molar-refractivity contribution in [3.63, 3.8) is 0 Å². The molecule has 0 N–H and O–H groups in total. The highest BCUT2D eigenvalue weighted by molar-refractivity contribution is 5.90. The number of rotatable bonds is 4. The molecule has 2 amide bonds. The van der Waals surface area contributed by atoms with Crippen LogP contribution in [0.3, 0.4) is 0 Å². The number of hydrogen-bond donors (Lipinski definition) is 0. The quantitative estimate of drug-likeness (QED) is 0.731. The average molecular weight is 342 g/mol. The lowest BCUT2D eigenvalue weighted by Gasteiger charge is -2.35. The Kier molecular flexibility index (Phi) is 6.63. The van der Waals surface area contributed by atoms with Crippen molar-refractivity contribution in [3.8, 4) is 0 Å². The van der Waals surface area contributed by atoms with Crippen molar-refractivity contribution in [1.82, 2.24) is 9.80 Å². The van der Waals surface area contributed by atoms with E-state index in [4.69, 9.17) is 9.47 Å². The van der Waals surface area contributed by atoms with Gasteiger partial charge in [-0.1, -0.05) is 13.8 Å². The van der Waals surface area contributed by atoms with E-state index in [1.165, 1.54) is 16.9 Å². The van der Waals surface area contributed by atoms with Crippen LogP contribution in [0.25, 0.3) is 0 Å². The number of amides is 2. The SMILES string of the molecule is COC(=O)C1CCCN1C(=O)C(C(C)C)N(C)C(=O)OC(C)(C)C. The molecule has 1 saturated heterocycles. The van der Waals surface area contributed by atoms with E-state index in [0.717, 1.165) is 6.42 Å². The summed E-state index contributed by atoms with van der Waals surface area (Å²) in [5, 5.41) is 0. The first kappa shape index (κ1) is 20.3. The molecule has 0 aromatic heterocycles. The molecule has 0 aromatic rings. The van der Waals surface area contributed by atoms with Crippen LogP contribution in [0.15, 0.2) is 0 Å². The van der Waals surface area contributed by atoms with E-state index in [9.17, 15) is 14.4 Å². The molecule has 0 aromatic carbocycles. The van der Waals surface area contributed by atoms with Gasteiger partial charge >= 0.3 is 12.1 Å². The number of ether oxygens (including phenoxy) is 2. The molecule has 7 heteroatoms. The summed E-state index contributed by atoms with van der Waals surface area (Å²) in [7, 11) is 2.87. The Morgan fingerprint density at radius 3 is 2.25 bits per heavy atom. The highest BCUT2D eigenvalue weighted by Gasteiger charge is 2.41. The lowest BCUT2D eigenvalue weighted by molar-refractivity contribution is -0.153. The standard InChI is InChI=1S/C17H30N2O5/c1-11(2)13(18(6)16(22)24-17(3,4)5)14(20)19-10-8-9-12(19)15(21)23-7/h11-13H,8-10H2,1-7H3. The first-order chi connectivity index (χ1) is 11.0. The second kappa shape index (κ2) is 7.85. The average Bonchev–Trinajstić information content (AvgIpc) is 2.93. The minimum atomic E-state index is -0.690. The van der Waals surface area contributed by atoms with Crippen LogP contribution < -0.4 is 0 Å². The molecule has 0 bridgehead atoms. The van der Waals surface area contributed by atoms with E-state index in [1.807, 2.05) is 13.8 Å². The Balaban J connectivity index is 2.96. The summed E-state index contributed by atoms with van der Waals surface area (Å²) in [4.78, 5) is 40.1. The summed E-state index contributed by atoms with van der Waals surface area (Å²) in [6.45, 7) is 9.55. The van der Waals surface area contributed by atoms with Crippen LogP contribution in [0.1, 0.15) is 47.5 Å². The Bertz CT molecular complexity index is 484. The maximum Gasteiger partial charge on any atom is 0.410 e. The summed E-state index contributed by atoms with van der Waals surface area (Å²) in [5.74, 6) is -0.775. The molecule has 1 fully saturated rings. The van der Waals surface area contributed by atoms with Gasteiger partial charge in [0.2, 0.25) is 5.91 Å². The lowest BCUT2D eigenvalue weighted by Crippen LogP contribution is -2.55. The van der Waals surface area contributed by atoms with Crippen molar-refractivity contribution in [3.05, 3.63) is 0 Å². The fourth-order valence-electron chi connectivity index (χ4n) is 2.93. The van der Waals surface area contributed by atoms with E-state index in [0.29, 0.717) is 13.0 Å². The van der Waals surface area contributed by atoms with Crippen LogP contribution in [0, 0.1) is 5.92 Å². The molecule has 1 heterocycles. The monoisotopic (exact) mass is 342 g/mol. The summed E-state index contributed by atoms with van der Waals surface area (Å²) in [6.07, 6.45) is 0.773. The molecule has 0 saturated carbocycles. The summed E-state index contributed by atoms with van der Waals surface area (Å²) < 4.78 is 10.2. The van der Waals surface area contributed by atoms with Gasteiger partial charge < -0.3 is 14.4 Å². The van der Waals surface area contributed by atoms with Crippen LogP contribution in [0.4, 0.5) is 4.79 Å². The number of hydrogen-bond acceptors (Lipinski definition) is 5. The number of likely N-dealkylation sites (tertiary alicyclic amines) is 1. The maximum atomic E-state index is 13.0. The topological polar surface area (TPSA) is 76.2 Å². The zero-order valence-corrected chi connectivity index (χ0v) is 15.8. The second-order valence-corrected chi connectivity index (χ2v) is 7.49. The molecular formula is C17H30N2O5. The zero-order valence-electron chi connectivity index (χ0n) is 15.8. The van der Waals surface area contributed by atoms with Crippen LogP contribution in [0.5, 0.6) is 0 Å². The van der Waals surface area contributed by atoms with Crippen molar-refractivity contribution in [2.24, 2.45) is 5.92 Å². The highest BCUT2D eigenvalue weighted by Crippen LogP contribution is 2.24. The lowest BCUT2D eigenvalue weighted by atomic mass is 10.0. The van der Waals surface area contributed by atoms with Crippen LogP contribution in [0.2, 0.25) is 0 Å². The first-order valence-corrected chi connectivity index (χ1v) is 8.33. The van der Waals surface area contributed by atoms with Crippen molar-refractivity contribution >= 4 is 18.0 Å².